The van der Waals surface area contributed by atoms with Crippen LogP contribution in [-0.2, 0) is 11.3 Å². The number of thiophene rings is 1. The van der Waals surface area contributed by atoms with E-state index < -0.39 is 5.97 Å². The van der Waals surface area contributed by atoms with Crippen LogP contribution in [-0.4, -0.2) is 25.0 Å². The average Bonchev–Trinajstić information content (AvgIpc) is 3.17. The van der Waals surface area contributed by atoms with E-state index in [1.54, 1.807) is 30.3 Å². The van der Waals surface area contributed by atoms with Crippen molar-refractivity contribution in [3.05, 3.63) is 70.6 Å². The lowest BCUT2D eigenvalue weighted by atomic mass is 10.1. The molecule has 0 N–H and O–H groups in total. The lowest BCUT2D eigenvalue weighted by Gasteiger charge is -2.16. The monoisotopic (exact) mass is 394 g/mol. The molecule has 142 valence electrons. The zero-order chi connectivity index (χ0) is 19.5. The molecule has 4 rings (SSSR count). The third-order valence-corrected chi connectivity index (χ3v) is 5.54. The zero-order valence-electron chi connectivity index (χ0n) is 15.3. The number of esters is 1. The molecule has 1 aromatic heterocycles. The molecule has 0 saturated carbocycles. The molecule has 0 saturated heterocycles. The van der Waals surface area contributed by atoms with Crippen molar-refractivity contribution in [1.29, 1.82) is 0 Å². The maximum Gasteiger partial charge on any atom is 0.348 e. The molecule has 0 amide bonds. The number of hydrogen-bond acceptors (Lipinski definition) is 6. The smallest absolute Gasteiger partial charge is 0.348 e. The molecule has 28 heavy (non-hydrogen) atoms. The average molecular weight is 394 g/mol. The van der Waals surface area contributed by atoms with Crippen LogP contribution in [0.1, 0.15) is 32.5 Å². The summed E-state index contributed by atoms with van der Waals surface area (Å²) >= 11 is 1.36. The first-order valence-electron chi connectivity index (χ1n) is 8.94. The van der Waals surface area contributed by atoms with Crippen molar-refractivity contribution in [3.63, 3.8) is 0 Å². The van der Waals surface area contributed by atoms with Gasteiger partial charge in [-0.25, -0.2) is 4.79 Å². The minimum absolute atomic E-state index is 0.258. The fourth-order valence-corrected chi connectivity index (χ4v) is 4.08. The van der Waals surface area contributed by atoms with Crippen molar-refractivity contribution in [3.8, 4) is 21.9 Å². The minimum atomic E-state index is -0.504. The van der Waals surface area contributed by atoms with Crippen LogP contribution >= 0.6 is 11.3 Å². The van der Waals surface area contributed by atoms with E-state index in [9.17, 15) is 9.59 Å². The lowest BCUT2D eigenvalue weighted by molar-refractivity contribution is 0.0479. The summed E-state index contributed by atoms with van der Waals surface area (Å²) in [7, 11) is 0. The van der Waals surface area contributed by atoms with Gasteiger partial charge in [0.1, 0.15) is 23.0 Å². The third kappa shape index (κ3) is 3.64. The molecule has 1 aliphatic heterocycles. The summed E-state index contributed by atoms with van der Waals surface area (Å²) < 4.78 is 16.3. The molecule has 0 bridgehead atoms. The largest absolute Gasteiger partial charge is 0.494 e. The maximum atomic E-state index is 12.4. The number of carbonyl (C=O) groups is 2. The summed E-state index contributed by atoms with van der Waals surface area (Å²) in [5.41, 5.74) is 2.40. The first-order chi connectivity index (χ1) is 13.7. The first-order valence-corrected chi connectivity index (χ1v) is 9.75. The normalized spacial score (nSPS) is 11.8. The van der Waals surface area contributed by atoms with Crippen LogP contribution in [0.5, 0.6) is 11.5 Å². The van der Waals surface area contributed by atoms with Gasteiger partial charge in [-0.15, -0.1) is 11.3 Å². The van der Waals surface area contributed by atoms with E-state index in [1.807, 2.05) is 31.2 Å². The third-order valence-electron chi connectivity index (χ3n) is 4.35. The molecule has 5 nitrogen and oxygen atoms in total. The molecule has 2 aromatic carbocycles. The SMILES string of the molecule is CCOc1ccc(C(=O)COC(=O)c2cc3c(s2)-c2ccccc2OC3)cc1. The number of fused-ring (bicyclic) bond motifs is 3. The molecule has 0 fully saturated rings. The van der Waals surface area contributed by atoms with Crippen molar-refractivity contribution in [1.82, 2.24) is 0 Å². The summed E-state index contributed by atoms with van der Waals surface area (Å²) in [5.74, 6) is 0.743. The number of rotatable bonds is 6. The lowest BCUT2D eigenvalue weighted by Crippen LogP contribution is -2.13. The topological polar surface area (TPSA) is 61.8 Å². The Hall–Kier alpha value is -3.12. The molecule has 0 unspecified atom stereocenters. The van der Waals surface area contributed by atoms with E-state index >= 15 is 0 Å². The van der Waals surface area contributed by atoms with Crippen LogP contribution in [0.15, 0.2) is 54.6 Å². The molecule has 2 heterocycles. The van der Waals surface area contributed by atoms with Crippen molar-refractivity contribution >= 4 is 23.1 Å². The summed E-state index contributed by atoms with van der Waals surface area (Å²) in [6, 6.07) is 16.3. The molecule has 3 aromatic rings. The highest BCUT2D eigenvalue weighted by molar-refractivity contribution is 7.17. The quantitative estimate of drug-likeness (QED) is 0.446. The second-order valence-electron chi connectivity index (χ2n) is 6.21. The van der Waals surface area contributed by atoms with E-state index in [0.717, 1.165) is 21.8 Å². The summed E-state index contributed by atoms with van der Waals surface area (Å²) in [6.45, 7) is 2.57. The van der Waals surface area contributed by atoms with E-state index in [1.165, 1.54) is 11.3 Å². The summed E-state index contributed by atoms with van der Waals surface area (Å²) in [6.07, 6.45) is 0. The van der Waals surface area contributed by atoms with E-state index in [2.05, 4.69) is 0 Å². The summed E-state index contributed by atoms with van der Waals surface area (Å²) in [4.78, 5) is 26.2. The molecule has 0 radical (unpaired) electrons. The van der Waals surface area contributed by atoms with Gasteiger partial charge in [0.05, 0.1) is 6.61 Å². The Morgan fingerprint density at radius 2 is 1.89 bits per heavy atom. The number of Topliss-reactive ketones (excluding diaryl/α,β-unsaturated/α-hetero) is 1. The fraction of sp³-hybridized carbons (Fsp3) is 0.182. The number of para-hydroxylation sites is 1. The Kier molecular flexibility index (Phi) is 5.12. The van der Waals surface area contributed by atoms with Gasteiger partial charge >= 0.3 is 5.97 Å². The van der Waals surface area contributed by atoms with Crippen LogP contribution in [0.4, 0.5) is 0 Å². The number of ether oxygens (including phenoxy) is 3. The Balaban J connectivity index is 1.42. The van der Waals surface area contributed by atoms with Gasteiger partial charge in [0.2, 0.25) is 0 Å². The number of carbonyl (C=O) groups excluding carboxylic acids is 2. The van der Waals surface area contributed by atoms with Crippen LogP contribution in [0.2, 0.25) is 0 Å². The highest BCUT2D eigenvalue weighted by Crippen LogP contribution is 2.42. The van der Waals surface area contributed by atoms with Crippen LogP contribution in [0, 0.1) is 0 Å². The van der Waals surface area contributed by atoms with Gasteiger partial charge < -0.3 is 14.2 Å². The maximum absolute atomic E-state index is 12.4. The van der Waals surface area contributed by atoms with Gasteiger partial charge in [-0.1, -0.05) is 12.1 Å². The molecule has 0 aliphatic carbocycles. The van der Waals surface area contributed by atoms with Crippen molar-refractivity contribution in [2.24, 2.45) is 0 Å². The number of ketones is 1. The van der Waals surface area contributed by atoms with Crippen molar-refractivity contribution in [2.75, 3.05) is 13.2 Å². The van der Waals surface area contributed by atoms with E-state index in [-0.39, 0.29) is 12.4 Å². The van der Waals surface area contributed by atoms with E-state index in [0.29, 0.717) is 29.4 Å². The van der Waals surface area contributed by atoms with Gasteiger partial charge in [-0.3, -0.25) is 4.79 Å². The van der Waals surface area contributed by atoms with Crippen molar-refractivity contribution in [2.45, 2.75) is 13.5 Å². The number of benzene rings is 2. The highest BCUT2D eigenvalue weighted by atomic mass is 32.1. The van der Waals surface area contributed by atoms with Crippen molar-refractivity contribution < 1.29 is 23.8 Å². The molecular formula is C22H18O5S. The van der Waals surface area contributed by atoms with Gasteiger partial charge in [0.25, 0.3) is 0 Å². The second kappa shape index (κ2) is 7.86. The number of hydrogen-bond donors (Lipinski definition) is 0. The zero-order valence-corrected chi connectivity index (χ0v) is 16.1. The van der Waals surface area contributed by atoms with Crippen LogP contribution < -0.4 is 9.47 Å². The molecule has 0 spiro atoms. The minimum Gasteiger partial charge on any atom is -0.494 e. The molecule has 0 atom stereocenters. The highest BCUT2D eigenvalue weighted by Gasteiger charge is 2.23. The Labute approximate surface area is 166 Å². The molecule has 6 heteroatoms. The van der Waals surface area contributed by atoms with E-state index in [4.69, 9.17) is 14.2 Å². The molecule has 1 aliphatic rings. The Bertz CT molecular complexity index is 1020. The summed E-state index contributed by atoms with van der Waals surface area (Å²) in [5, 5.41) is 0. The Morgan fingerprint density at radius 3 is 2.68 bits per heavy atom. The van der Waals surface area contributed by atoms with Gasteiger partial charge in [-0.2, -0.15) is 0 Å². The molecular weight excluding hydrogens is 376 g/mol. The second-order valence-corrected chi connectivity index (χ2v) is 7.26. The standard InChI is InChI=1S/C22H18O5S/c1-2-25-16-9-7-14(8-10-16)18(23)13-27-22(24)20-11-15-12-26-19-6-4-3-5-17(19)21(15)28-20/h3-11H,2,12-13H2,1H3. The predicted molar refractivity (Wildman–Crippen MR) is 106 cm³/mol. The predicted octanol–water partition coefficient (Wildman–Crippen LogP) is 4.75. The van der Waals surface area contributed by atoms with Gasteiger partial charge in [-0.05, 0) is 49.4 Å². The Morgan fingerprint density at radius 1 is 1.11 bits per heavy atom. The van der Waals surface area contributed by atoms with Crippen LogP contribution in [0.25, 0.3) is 10.4 Å². The first kappa shape index (κ1) is 18.3. The fourth-order valence-electron chi connectivity index (χ4n) is 2.99. The van der Waals surface area contributed by atoms with Crippen LogP contribution in [0.3, 0.4) is 0 Å². The van der Waals surface area contributed by atoms with Gasteiger partial charge in [0, 0.05) is 21.6 Å². The van der Waals surface area contributed by atoms with Gasteiger partial charge in [0.15, 0.2) is 12.4 Å².